The van der Waals surface area contributed by atoms with Crippen molar-refractivity contribution in [2.24, 2.45) is 0 Å². The number of hydrogen-bond acceptors (Lipinski definition) is 4. The number of nitrogens with zero attached hydrogens (tertiary/aromatic N) is 1. The Hall–Kier alpha value is -0.740. The second kappa shape index (κ2) is 7.56. The minimum absolute atomic E-state index is 0.240. The van der Waals surface area contributed by atoms with Crippen molar-refractivity contribution in [3.05, 3.63) is 24.0 Å². The van der Waals surface area contributed by atoms with E-state index >= 15 is 0 Å². The maximum atomic E-state index is 9.42. The number of pyridine rings is 1. The van der Waals surface area contributed by atoms with Gasteiger partial charge < -0.3 is 10.4 Å². The number of aliphatic hydroxyl groups is 1. The van der Waals surface area contributed by atoms with E-state index < -0.39 is 0 Å². The minimum Gasteiger partial charge on any atom is -0.392 e. The first-order valence-corrected chi connectivity index (χ1v) is 7.16. The summed E-state index contributed by atoms with van der Waals surface area (Å²) in [6, 6.07) is 4.07. The van der Waals surface area contributed by atoms with Crippen LogP contribution >= 0.6 is 11.8 Å². The van der Waals surface area contributed by atoms with Gasteiger partial charge in [-0.3, -0.25) is 4.98 Å². The summed E-state index contributed by atoms with van der Waals surface area (Å²) in [6.45, 7) is 6.99. The van der Waals surface area contributed by atoms with Gasteiger partial charge in [0.1, 0.15) is 0 Å². The van der Waals surface area contributed by atoms with E-state index in [-0.39, 0.29) is 11.4 Å². The summed E-state index contributed by atoms with van der Waals surface area (Å²) < 4.78 is 0. The van der Waals surface area contributed by atoms with Crippen LogP contribution in [0.25, 0.3) is 0 Å². The van der Waals surface area contributed by atoms with Gasteiger partial charge in [0.25, 0.3) is 0 Å². The molecule has 0 aliphatic carbocycles. The molecule has 0 aliphatic heterocycles. The van der Waals surface area contributed by atoms with Crippen LogP contribution in [0, 0.1) is 0 Å². The van der Waals surface area contributed by atoms with Gasteiger partial charge in [-0.15, -0.1) is 11.8 Å². The number of nitrogens with one attached hydrogen (secondary N) is 1. The minimum atomic E-state index is -0.276. The Morgan fingerprint density at radius 1 is 1.47 bits per heavy atom. The summed E-state index contributed by atoms with van der Waals surface area (Å²) in [5, 5.41) is 13.0. The van der Waals surface area contributed by atoms with Crippen LogP contribution in [0.3, 0.4) is 0 Å². The highest BCUT2D eigenvalue weighted by molar-refractivity contribution is 7.99. The van der Waals surface area contributed by atoms with Crippen LogP contribution in [-0.4, -0.2) is 28.0 Å². The van der Waals surface area contributed by atoms with Gasteiger partial charge in [0, 0.05) is 29.4 Å². The Morgan fingerprint density at radius 2 is 2.24 bits per heavy atom. The molecule has 2 N–H and O–H groups in total. The van der Waals surface area contributed by atoms with Crippen molar-refractivity contribution >= 4 is 17.4 Å². The average molecular weight is 254 g/mol. The Labute approximate surface area is 108 Å². The second-order valence-corrected chi connectivity index (χ2v) is 5.58. The summed E-state index contributed by atoms with van der Waals surface area (Å²) in [7, 11) is 0. The predicted molar refractivity (Wildman–Crippen MR) is 75.5 cm³/mol. The highest BCUT2D eigenvalue weighted by atomic mass is 32.2. The fourth-order valence-electron chi connectivity index (χ4n) is 1.29. The van der Waals surface area contributed by atoms with Gasteiger partial charge in [0.15, 0.2) is 0 Å². The predicted octanol–water partition coefficient (Wildman–Crippen LogP) is 2.91. The van der Waals surface area contributed by atoms with Crippen molar-refractivity contribution in [3.8, 4) is 0 Å². The summed E-state index contributed by atoms with van der Waals surface area (Å²) in [6.07, 6.45) is 2.67. The molecule has 0 saturated carbocycles. The fourth-order valence-corrected chi connectivity index (χ4v) is 2.16. The molecular weight excluding hydrogens is 232 g/mol. The molecule has 17 heavy (non-hydrogen) atoms. The lowest BCUT2D eigenvalue weighted by Crippen LogP contribution is -2.15. The zero-order valence-electron chi connectivity index (χ0n) is 10.8. The molecule has 4 heteroatoms. The average Bonchev–Trinajstić information content (AvgIpc) is 2.33. The zero-order chi connectivity index (χ0) is 12.7. The van der Waals surface area contributed by atoms with Crippen LogP contribution in [0.2, 0.25) is 0 Å². The number of thioether (sulfide) groups is 1. The number of aromatic nitrogens is 1. The van der Waals surface area contributed by atoms with E-state index in [1.165, 1.54) is 0 Å². The van der Waals surface area contributed by atoms with Gasteiger partial charge in [0.2, 0.25) is 0 Å². The fraction of sp³-hybridized carbons (Fsp3) is 0.615. The molecule has 0 radical (unpaired) electrons. The van der Waals surface area contributed by atoms with Gasteiger partial charge in [-0.25, -0.2) is 0 Å². The van der Waals surface area contributed by atoms with E-state index in [0.29, 0.717) is 0 Å². The Morgan fingerprint density at radius 3 is 2.88 bits per heavy atom. The Bertz CT molecular complexity index is 331. The highest BCUT2D eigenvalue weighted by Crippen LogP contribution is 2.20. The van der Waals surface area contributed by atoms with Crippen molar-refractivity contribution in [2.75, 3.05) is 11.9 Å². The molecule has 1 aromatic rings. The summed E-state index contributed by atoms with van der Waals surface area (Å²) >= 11 is 1.73. The van der Waals surface area contributed by atoms with E-state index in [1.54, 1.807) is 11.8 Å². The smallest absolute Gasteiger partial charge is 0.0628 e. The third kappa shape index (κ3) is 5.41. The van der Waals surface area contributed by atoms with Crippen molar-refractivity contribution in [1.29, 1.82) is 0 Å². The summed E-state index contributed by atoms with van der Waals surface area (Å²) in [5.41, 5.74) is 2.19. The van der Waals surface area contributed by atoms with Crippen molar-refractivity contribution < 1.29 is 5.11 Å². The number of anilines is 1. The standard InChI is InChI=1S/C13H22N2OS/c1-4-6-14-12-5-7-15-13(8-12)9-17-11(3)10(2)16/h5,7-8,10-11,16H,4,6,9H2,1-3H3,(H,14,15). The third-order valence-electron chi connectivity index (χ3n) is 2.57. The number of aliphatic hydroxyl groups excluding tert-OH is 1. The molecule has 0 spiro atoms. The molecule has 0 bridgehead atoms. The van der Waals surface area contributed by atoms with Crippen LogP contribution in [0.1, 0.15) is 32.9 Å². The molecule has 1 aromatic heterocycles. The van der Waals surface area contributed by atoms with Crippen LogP contribution < -0.4 is 5.32 Å². The topological polar surface area (TPSA) is 45.2 Å². The quantitative estimate of drug-likeness (QED) is 0.785. The molecule has 1 rings (SSSR count). The first kappa shape index (κ1) is 14.3. The Kier molecular flexibility index (Phi) is 6.37. The molecule has 0 amide bonds. The maximum Gasteiger partial charge on any atom is 0.0628 e. The van der Waals surface area contributed by atoms with Crippen molar-refractivity contribution in [2.45, 2.75) is 44.3 Å². The lowest BCUT2D eigenvalue weighted by atomic mass is 10.3. The number of hydrogen-bond donors (Lipinski definition) is 2. The summed E-state index contributed by atoms with van der Waals surface area (Å²) in [5.74, 6) is 0.841. The van der Waals surface area contributed by atoms with E-state index in [2.05, 4.69) is 23.3 Å². The molecule has 0 fully saturated rings. The van der Waals surface area contributed by atoms with Gasteiger partial charge in [-0.05, 0) is 25.5 Å². The molecule has 2 unspecified atom stereocenters. The van der Waals surface area contributed by atoms with Crippen molar-refractivity contribution in [1.82, 2.24) is 4.98 Å². The zero-order valence-corrected chi connectivity index (χ0v) is 11.6. The van der Waals surface area contributed by atoms with Crippen LogP contribution in [0.15, 0.2) is 18.3 Å². The maximum absolute atomic E-state index is 9.42. The van der Waals surface area contributed by atoms with Gasteiger partial charge in [-0.1, -0.05) is 13.8 Å². The molecular formula is C13H22N2OS. The molecule has 2 atom stereocenters. The van der Waals surface area contributed by atoms with E-state index in [0.717, 1.165) is 30.1 Å². The van der Waals surface area contributed by atoms with E-state index in [9.17, 15) is 5.11 Å². The first-order chi connectivity index (χ1) is 8.13. The largest absolute Gasteiger partial charge is 0.392 e. The van der Waals surface area contributed by atoms with Crippen LogP contribution in [0.5, 0.6) is 0 Å². The lowest BCUT2D eigenvalue weighted by molar-refractivity contribution is 0.196. The van der Waals surface area contributed by atoms with Crippen LogP contribution in [-0.2, 0) is 5.75 Å². The van der Waals surface area contributed by atoms with Gasteiger partial charge in [0.05, 0.1) is 11.8 Å². The monoisotopic (exact) mass is 254 g/mol. The number of rotatable bonds is 7. The van der Waals surface area contributed by atoms with E-state index in [4.69, 9.17) is 0 Å². The normalized spacial score (nSPS) is 14.4. The first-order valence-electron chi connectivity index (χ1n) is 6.12. The lowest BCUT2D eigenvalue weighted by Gasteiger charge is -2.14. The van der Waals surface area contributed by atoms with Crippen molar-refractivity contribution in [3.63, 3.8) is 0 Å². The molecule has 3 nitrogen and oxygen atoms in total. The second-order valence-electron chi connectivity index (χ2n) is 4.22. The molecule has 0 aliphatic rings. The molecule has 1 heterocycles. The van der Waals surface area contributed by atoms with Gasteiger partial charge >= 0.3 is 0 Å². The third-order valence-corrected chi connectivity index (χ3v) is 3.95. The SMILES string of the molecule is CCCNc1ccnc(CSC(C)C(C)O)c1. The Balaban J connectivity index is 2.48. The molecule has 0 saturated heterocycles. The molecule has 96 valence electrons. The summed E-state index contributed by atoms with van der Waals surface area (Å²) in [4.78, 5) is 4.34. The van der Waals surface area contributed by atoms with E-state index in [1.807, 2.05) is 26.1 Å². The van der Waals surface area contributed by atoms with Crippen LogP contribution in [0.4, 0.5) is 5.69 Å². The van der Waals surface area contributed by atoms with Gasteiger partial charge in [-0.2, -0.15) is 0 Å². The molecule has 0 aromatic carbocycles. The highest BCUT2D eigenvalue weighted by Gasteiger charge is 2.09.